The summed E-state index contributed by atoms with van der Waals surface area (Å²) in [6.07, 6.45) is 6.03. The van der Waals surface area contributed by atoms with Crippen LogP contribution < -0.4 is 15.5 Å². The zero-order valence-corrected chi connectivity index (χ0v) is 14.6. The number of aliphatic imine (C=N–C) groups is 1. The molecule has 0 saturated carbocycles. The van der Waals surface area contributed by atoms with Crippen molar-refractivity contribution >= 4 is 35.6 Å². The molecule has 1 aliphatic heterocycles. The van der Waals surface area contributed by atoms with Crippen molar-refractivity contribution < 1.29 is 8.78 Å². The molecule has 1 atom stereocenters. The first-order valence-electron chi connectivity index (χ1n) is 6.74. The van der Waals surface area contributed by atoms with Gasteiger partial charge in [0.1, 0.15) is 11.6 Å². The van der Waals surface area contributed by atoms with Gasteiger partial charge in [-0.25, -0.2) is 8.78 Å². The van der Waals surface area contributed by atoms with E-state index in [1.807, 2.05) is 4.90 Å². The molecule has 2 N–H and O–H groups in total. The minimum Gasteiger partial charge on any atom is -0.367 e. The van der Waals surface area contributed by atoms with Gasteiger partial charge in [-0.05, 0) is 18.6 Å². The Hall–Kier alpha value is -1.56. The number of halogens is 3. The van der Waals surface area contributed by atoms with Crippen LogP contribution in [0.5, 0.6) is 0 Å². The predicted molar refractivity (Wildman–Crippen MR) is 95.7 cm³/mol. The highest BCUT2D eigenvalue weighted by molar-refractivity contribution is 14.0. The Balaban J connectivity index is 0.00000242. The molecule has 1 aliphatic rings. The molecule has 1 unspecified atom stereocenters. The molecule has 4 nitrogen and oxygen atoms in total. The van der Waals surface area contributed by atoms with Crippen LogP contribution in [-0.4, -0.2) is 38.7 Å². The zero-order valence-electron chi connectivity index (χ0n) is 12.3. The van der Waals surface area contributed by atoms with Crippen LogP contribution in [0.25, 0.3) is 0 Å². The van der Waals surface area contributed by atoms with Gasteiger partial charge in [0.15, 0.2) is 5.96 Å². The van der Waals surface area contributed by atoms with E-state index in [1.54, 1.807) is 7.05 Å². The van der Waals surface area contributed by atoms with Gasteiger partial charge in [0, 0.05) is 32.2 Å². The summed E-state index contributed by atoms with van der Waals surface area (Å²) in [7, 11) is 1.66. The first kappa shape index (κ1) is 18.5. The summed E-state index contributed by atoms with van der Waals surface area (Å²) >= 11 is 0. The smallest absolute Gasteiger partial charge is 0.192 e. The largest absolute Gasteiger partial charge is 0.367 e. The van der Waals surface area contributed by atoms with Crippen molar-refractivity contribution in [2.24, 2.45) is 4.99 Å². The highest BCUT2D eigenvalue weighted by atomic mass is 127. The molecule has 120 valence electrons. The number of anilines is 1. The minimum absolute atomic E-state index is 0. The predicted octanol–water partition coefficient (Wildman–Crippen LogP) is 1.96. The van der Waals surface area contributed by atoms with Gasteiger partial charge in [0.25, 0.3) is 0 Å². The number of nitrogens with zero attached hydrogens (tertiary/aromatic N) is 2. The van der Waals surface area contributed by atoms with Gasteiger partial charge in [0.2, 0.25) is 0 Å². The van der Waals surface area contributed by atoms with E-state index < -0.39 is 11.6 Å². The molecule has 1 heterocycles. The van der Waals surface area contributed by atoms with E-state index in [-0.39, 0.29) is 30.0 Å². The lowest BCUT2D eigenvalue weighted by Crippen LogP contribution is -2.44. The molecule has 0 aromatic heterocycles. The monoisotopic (exact) mass is 420 g/mol. The molecule has 2 rings (SSSR count). The number of nitrogens with one attached hydrogen (secondary N) is 2. The van der Waals surface area contributed by atoms with E-state index in [0.717, 1.165) is 12.5 Å². The summed E-state index contributed by atoms with van der Waals surface area (Å²) in [6, 6.07) is 3.78. The van der Waals surface area contributed by atoms with Crippen LogP contribution in [0.3, 0.4) is 0 Å². The second-order valence-corrected chi connectivity index (χ2v) is 4.80. The van der Waals surface area contributed by atoms with Crippen LogP contribution in [0.4, 0.5) is 14.5 Å². The molecule has 22 heavy (non-hydrogen) atoms. The van der Waals surface area contributed by atoms with E-state index in [2.05, 4.69) is 21.5 Å². The van der Waals surface area contributed by atoms with Gasteiger partial charge >= 0.3 is 0 Å². The molecule has 0 radical (unpaired) electrons. The maximum Gasteiger partial charge on any atom is 0.192 e. The first-order valence-corrected chi connectivity index (χ1v) is 6.74. The van der Waals surface area contributed by atoms with Crippen LogP contribution in [0.15, 0.2) is 23.2 Å². The normalized spacial score (nSPS) is 17.6. The Kier molecular flexibility index (Phi) is 7.38. The summed E-state index contributed by atoms with van der Waals surface area (Å²) in [5.74, 6) is 2.00. The number of guanidine groups is 1. The number of terminal acetylenes is 1. The van der Waals surface area contributed by atoms with E-state index in [0.29, 0.717) is 31.3 Å². The Bertz CT molecular complexity index is 571. The van der Waals surface area contributed by atoms with Crippen LogP contribution in [0, 0.1) is 24.0 Å². The number of rotatable bonds is 3. The summed E-state index contributed by atoms with van der Waals surface area (Å²) in [6.45, 7) is 1.72. The van der Waals surface area contributed by atoms with Crippen LogP contribution in [0.2, 0.25) is 0 Å². The fraction of sp³-hybridized carbons (Fsp3) is 0.400. The SMILES string of the molecule is C#CCNC(=NC)NC1CCN(c2ccc(F)cc2F)C1.I. The Morgan fingerprint density at radius 1 is 1.50 bits per heavy atom. The third kappa shape index (κ3) is 4.73. The third-order valence-corrected chi connectivity index (χ3v) is 3.36. The summed E-state index contributed by atoms with van der Waals surface area (Å²) < 4.78 is 26.7. The minimum atomic E-state index is -0.566. The van der Waals surface area contributed by atoms with E-state index in [9.17, 15) is 8.78 Å². The lowest BCUT2D eigenvalue weighted by molar-refractivity contribution is 0.580. The third-order valence-electron chi connectivity index (χ3n) is 3.36. The fourth-order valence-electron chi connectivity index (χ4n) is 2.36. The van der Waals surface area contributed by atoms with Crippen molar-refractivity contribution in [3.63, 3.8) is 0 Å². The van der Waals surface area contributed by atoms with Gasteiger partial charge in [-0.1, -0.05) is 5.92 Å². The van der Waals surface area contributed by atoms with Crippen molar-refractivity contribution in [3.05, 3.63) is 29.8 Å². The van der Waals surface area contributed by atoms with Crippen molar-refractivity contribution in [2.75, 3.05) is 31.6 Å². The van der Waals surface area contributed by atoms with Crippen LogP contribution in [-0.2, 0) is 0 Å². The molecule has 1 fully saturated rings. The molecular weight excluding hydrogens is 401 g/mol. The average molecular weight is 420 g/mol. The second kappa shape index (κ2) is 8.78. The Morgan fingerprint density at radius 3 is 2.91 bits per heavy atom. The van der Waals surface area contributed by atoms with Gasteiger partial charge in [-0.3, -0.25) is 4.99 Å². The van der Waals surface area contributed by atoms with Gasteiger partial charge < -0.3 is 15.5 Å². The number of hydrogen-bond donors (Lipinski definition) is 2. The van der Waals surface area contributed by atoms with Crippen LogP contribution in [0.1, 0.15) is 6.42 Å². The van der Waals surface area contributed by atoms with Crippen molar-refractivity contribution in [1.82, 2.24) is 10.6 Å². The Morgan fingerprint density at radius 2 is 2.27 bits per heavy atom. The molecule has 1 aromatic rings. The first-order chi connectivity index (χ1) is 10.1. The van der Waals surface area contributed by atoms with E-state index in [4.69, 9.17) is 6.42 Å². The summed E-state index contributed by atoms with van der Waals surface area (Å²) in [5.41, 5.74) is 0.423. The van der Waals surface area contributed by atoms with Gasteiger partial charge in [-0.15, -0.1) is 30.4 Å². The van der Waals surface area contributed by atoms with E-state index in [1.165, 1.54) is 12.1 Å². The molecule has 7 heteroatoms. The highest BCUT2D eigenvalue weighted by Crippen LogP contribution is 2.24. The van der Waals surface area contributed by atoms with Gasteiger partial charge in [-0.2, -0.15) is 0 Å². The number of hydrogen-bond acceptors (Lipinski definition) is 2. The van der Waals surface area contributed by atoms with Crippen LogP contribution >= 0.6 is 24.0 Å². The lowest BCUT2D eigenvalue weighted by Gasteiger charge is -2.20. The quantitative estimate of drug-likeness (QED) is 0.340. The standard InChI is InChI=1S/C15H18F2N4.HI/c1-3-7-19-15(18-2)20-12-6-8-21(10-12)14-5-4-11(16)9-13(14)17;/h1,4-5,9,12H,6-8,10H2,2H3,(H2,18,19,20);1H. The molecule has 0 bridgehead atoms. The molecule has 1 aromatic carbocycles. The lowest BCUT2D eigenvalue weighted by atomic mass is 10.2. The maximum atomic E-state index is 13.8. The molecule has 1 saturated heterocycles. The Labute approximate surface area is 146 Å². The average Bonchev–Trinajstić information content (AvgIpc) is 2.91. The molecule has 0 spiro atoms. The zero-order chi connectivity index (χ0) is 15.2. The molecular formula is C15H19F2IN4. The van der Waals surface area contributed by atoms with E-state index >= 15 is 0 Å². The maximum absolute atomic E-state index is 13.8. The van der Waals surface area contributed by atoms with Crippen molar-refractivity contribution in [2.45, 2.75) is 12.5 Å². The van der Waals surface area contributed by atoms with Gasteiger partial charge in [0.05, 0.1) is 12.2 Å². The summed E-state index contributed by atoms with van der Waals surface area (Å²) in [4.78, 5) is 5.96. The fourth-order valence-corrected chi connectivity index (χ4v) is 2.36. The van der Waals surface area contributed by atoms with Crippen molar-refractivity contribution in [1.29, 1.82) is 0 Å². The topological polar surface area (TPSA) is 39.7 Å². The number of benzene rings is 1. The molecule has 0 amide bonds. The summed E-state index contributed by atoms with van der Waals surface area (Å²) in [5, 5.41) is 6.22. The molecule has 0 aliphatic carbocycles. The highest BCUT2D eigenvalue weighted by Gasteiger charge is 2.25. The second-order valence-electron chi connectivity index (χ2n) is 4.80. The van der Waals surface area contributed by atoms with Crippen molar-refractivity contribution in [3.8, 4) is 12.3 Å².